The predicted octanol–water partition coefficient (Wildman–Crippen LogP) is 0.726. The lowest BCUT2D eigenvalue weighted by atomic mass is 9.93. The van der Waals surface area contributed by atoms with Crippen molar-refractivity contribution in [3.8, 4) is 0 Å². The fourth-order valence-electron chi connectivity index (χ4n) is 2.32. The van der Waals surface area contributed by atoms with Crippen LogP contribution >= 0.6 is 11.8 Å². The van der Waals surface area contributed by atoms with Gasteiger partial charge in [-0.1, -0.05) is 12.2 Å². The van der Waals surface area contributed by atoms with Gasteiger partial charge in [-0.3, -0.25) is 4.79 Å². The highest BCUT2D eigenvalue weighted by Gasteiger charge is 2.48. The molecular weight excluding hydrogens is 363 g/mol. The highest BCUT2D eigenvalue weighted by Crippen LogP contribution is 2.31. The molecule has 1 aliphatic heterocycles. The van der Waals surface area contributed by atoms with Gasteiger partial charge in [-0.05, 0) is 18.6 Å². The van der Waals surface area contributed by atoms with Crippen LogP contribution in [0, 0.1) is 0 Å². The minimum atomic E-state index is -5.10. The summed E-state index contributed by atoms with van der Waals surface area (Å²) in [5.41, 5.74) is -0.974. The molecule has 0 saturated carbocycles. The second kappa shape index (κ2) is 9.58. The van der Waals surface area contributed by atoms with E-state index in [9.17, 15) is 33.3 Å². The summed E-state index contributed by atoms with van der Waals surface area (Å²) in [5.74, 6) is -1.70. The summed E-state index contributed by atoms with van der Waals surface area (Å²) in [6.45, 7) is 6.95. The summed E-state index contributed by atoms with van der Waals surface area (Å²) < 4.78 is 43.0. The zero-order valence-corrected chi connectivity index (χ0v) is 14.2. The summed E-state index contributed by atoms with van der Waals surface area (Å²) in [6, 6.07) is -1.27. The molecule has 1 aliphatic rings. The van der Waals surface area contributed by atoms with Crippen LogP contribution in [0.2, 0.25) is 0 Å². The number of hydrogen-bond acceptors (Lipinski definition) is 6. The van der Waals surface area contributed by atoms with Gasteiger partial charge in [0.2, 0.25) is 0 Å². The molecule has 1 fully saturated rings. The quantitative estimate of drug-likeness (QED) is 0.363. The lowest BCUT2D eigenvalue weighted by Crippen LogP contribution is -2.63. The molecule has 1 rings (SSSR count). The summed E-state index contributed by atoms with van der Waals surface area (Å²) in [6.07, 6.45) is -7.83. The molecule has 0 aromatic heterocycles. The van der Waals surface area contributed by atoms with Crippen molar-refractivity contribution in [2.75, 3.05) is 5.75 Å². The maximum atomic E-state index is 12.5. The third kappa shape index (κ3) is 6.00. The van der Waals surface area contributed by atoms with E-state index >= 15 is 0 Å². The Balaban J connectivity index is 2.92. The number of carbonyl (C=O) groups excluding carboxylic acids is 1. The van der Waals surface area contributed by atoms with E-state index in [4.69, 9.17) is 4.74 Å². The Bertz CT molecular complexity index is 477. The highest BCUT2D eigenvalue weighted by molar-refractivity contribution is 7.99. The zero-order valence-electron chi connectivity index (χ0n) is 13.4. The van der Waals surface area contributed by atoms with Gasteiger partial charge in [0, 0.05) is 0 Å². The zero-order chi connectivity index (χ0) is 19.2. The topological polar surface area (TPSA) is 99.0 Å². The largest absolute Gasteiger partial charge is 0.471 e. The number of halogens is 3. The van der Waals surface area contributed by atoms with E-state index in [1.807, 2.05) is 0 Å². The summed E-state index contributed by atoms with van der Waals surface area (Å²) >= 11 is 1.12. The Hall–Kier alpha value is -1.07. The predicted molar refractivity (Wildman–Crippen MR) is 86.8 cm³/mol. The molecule has 1 heterocycles. The van der Waals surface area contributed by atoms with Gasteiger partial charge >= 0.3 is 12.1 Å². The Morgan fingerprint density at radius 2 is 1.84 bits per heavy atom. The van der Waals surface area contributed by atoms with Crippen LogP contribution in [0.5, 0.6) is 0 Å². The molecule has 6 atom stereocenters. The number of amides is 1. The Labute approximate surface area is 147 Å². The fourth-order valence-corrected chi connectivity index (χ4v) is 3.42. The molecule has 0 aromatic rings. The molecule has 1 amide bonds. The van der Waals surface area contributed by atoms with Crippen LogP contribution in [0.4, 0.5) is 13.2 Å². The monoisotopic (exact) mass is 385 g/mol. The standard InChI is InChI=1S/C15H22F3NO5S/c1-3-5-7-25-13-11(22)9(20)10(21)12(24-13)8(6-4-2)19-14(23)15(16,17)18/h3-4,8-13,20-22H,1-2,5-7H2,(H,19,23). The number of ether oxygens (including phenoxy) is 1. The summed E-state index contributed by atoms with van der Waals surface area (Å²) in [4.78, 5) is 11.2. The third-order valence-electron chi connectivity index (χ3n) is 3.60. The molecule has 10 heteroatoms. The average Bonchev–Trinajstić information content (AvgIpc) is 2.53. The van der Waals surface area contributed by atoms with Gasteiger partial charge in [0.15, 0.2) is 0 Å². The van der Waals surface area contributed by atoms with E-state index in [1.165, 1.54) is 6.08 Å². The van der Waals surface area contributed by atoms with E-state index in [-0.39, 0.29) is 6.42 Å². The van der Waals surface area contributed by atoms with Crippen molar-refractivity contribution in [1.82, 2.24) is 5.32 Å². The van der Waals surface area contributed by atoms with Gasteiger partial charge in [0.05, 0.1) is 6.04 Å². The molecule has 0 radical (unpaired) electrons. The van der Waals surface area contributed by atoms with Gasteiger partial charge in [-0.15, -0.1) is 24.9 Å². The Morgan fingerprint density at radius 1 is 1.20 bits per heavy atom. The summed E-state index contributed by atoms with van der Waals surface area (Å²) in [7, 11) is 0. The molecular formula is C15H22F3NO5S. The number of nitrogens with one attached hydrogen (secondary N) is 1. The van der Waals surface area contributed by atoms with Crippen LogP contribution in [0.1, 0.15) is 12.8 Å². The Morgan fingerprint density at radius 3 is 2.36 bits per heavy atom. The summed E-state index contributed by atoms with van der Waals surface area (Å²) in [5, 5.41) is 31.8. The van der Waals surface area contributed by atoms with Crippen LogP contribution in [0.3, 0.4) is 0 Å². The lowest BCUT2D eigenvalue weighted by molar-refractivity contribution is -0.208. The SMILES string of the molecule is C=CCCSC1OC(C(CC=C)NC(=O)C(F)(F)F)C(O)C(O)C1O. The number of rotatable bonds is 8. The number of aliphatic hydroxyl groups excluding tert-OH is 3. The molecule has 1 saturated heterocycles. The molecule has 6 nitrogen and oxygen atoms in total. The molecule has 0 bridgehead atoms. The average molecular weight is 385 g/mol. The van der Waals surface area contributed by atoms with E-state index in [2.05, 4.69) is 13.2 Å². The second-order valence-electron chi connectivity index (χ2n) is 5.49. The van der Waals surface area contributed by atoms with Crippen molar-refractivity contribution >= 4 is 17.7 Å². The smallest absolute Gasteiger partial charge is 0.388 e. The maximum absolute atomic E-state index is 12.5. The molecule has 144 valence electrons. The highest BCUT2D eigenvalue weighted by atomic mass is 32.2. The number of hydrogen-bond donors (Lipinski definition) is 4. The second-order valence-corrected chi connectivity index (χ2v) is 6.70. The van der Waals surface area contributed by atoms with Crippen molar-refractivity contribution in [2.24, 2.45) is 0 Å². The van der Waals surface area contributed by atoms with Gasteiger partial charge in [-0.2, -0.15) is 13.2 Å². The third-order valence-corrected chi connectivity index (χ3v) is 4.79. The van der Waals surface area contributed by atoms with Crippen molar-refractivity contribution < 1.29 is 38.0 Å². The number of thioether (sulfide) groups is 1. The molecule has 25 heavy (non-hydrogen) atoms. The van der Waals surface area contributed by atoms with Gasteiger partial charge in [0.1, 0.15) is 29.9 Å². The maximum Gasteiger partial charge on any atom is 0.471 e. The van der Waals surface area contributed by atoms with E-state index in [0.717, 1.165) is 11.8 Å². The normalized spacial score (nSPS) is 31.2. The minimum Gasteiger partial charge on any atom is -0.388 e. The van der Waals surface area contributed by atoms with Crippen LogP contribution in [0.25, 0.3) is 0 Å². The molecule has 0 aliphatic carbocycles. The molecule has 4 N–H and O–H groups in total. The van der Waals surface area contributed by atoms with Gasteiger partial charge in [-0.25, -0.2) is 0 Å². The van der Waals surface area contributed by atoms with Crippen LogP contribution < -0.4 is 5.32 Å². The number of carbonyl (C=O) groups is 1. The first-order valence-electron chi connectivity index (χ1n) is 7.54. The first-order chi connectivity index (χ1) is 11.6. The molecule has 6 unspecified atom stereocenters. The van der Waals surface area contributed by atoms with Gasteiger partial charge < -0.3 is 25.4 Å². The van der Waals surface area contributed by atoms with E-state index in [1.54, 1.807) is 11.4 Å². The van der Waals surface area contributed by atoms with Crippen LogP contribution in [-0.4, -0.2) is 69.0 Å². The Kier molecular flexibility index (Phi) is 8.42. The number of allylic oxidation sites excluding steroid dienone is 1. The van der Waals surface area contributed by atoms with Crippen molar-refractivity contribution in [3.05, 3.63) is 25.3 Å². The molecule has 0 aromatic carbocycles. The van der Waals surface area contributed by atoms with Crippen LogP contribution in [0.15, 0.2) is 25.3 Å². The first-order valence-corrected chi connectivity index (χ1v) is 8.59. The molecule has 0 spiro atoms. The van der Waals surface area contributed by atoms with E-state index in [0.29, 0.717) is 12.2 Å². The van der Waals surface area contributed by atoms with Crippen molar-refractivity contribution in [2.45, 2.75) is 54.9 Å². The van der Waals surface area contributed by atoms with Crippen molar-refractivity contribution in [1.29, 1.82) is 0 Å². The van der Waals surface area contributed by atoms with Crippen LogP contribution in [-0.2, 0) is 9.53 Å². The number of alkyl halides is 3. The van der Waals surface area contributed by atoms with Gasteiger partial charge in [0.25, 0.3) is 0 Å². The van der Waals surface area contributed by atoms with Crippen molar-refractivity contribution in [3.63, 3.8) is 0 Å². The lowest BCUT2D eigenvalue weighted by Gasteiger charge is -2.43. The van der Waals surface area contributed by atoms with E-state index < -0.39 is 48.0 Å². The first kappa shape index (κ1) is 22.0. The minimum absolute atomic E-state index is 0.129. The number of aliphatic hydroxyl groups is 3. The fraction of sp³-hybridized carbons (Fsp3) is 0.667.